The standard InChI is InChI=1S/C15H19Cl2N3S/c1-4-18-8-13-12(5-9(2)3)20-15(21-13)14-11(17)6-10(16)7-19-14/h6-7,9,18H,4-5,8H2,1-3H3. The fourth-order valence-corrected chi connectivity index (χ4v) is 3.57. The summed E-state index contributed by atoms with van der Waals surface area (Å²) in [6.07, 6.45) is 2.57. The molecule has 0 spiro atoms. The van der Waals surface area contributed by atoms with Gasteiger partial charge in [-0.15, -0.1) is 11.3 Å². The van der Waals surface area contributed by atoms with Crippen molar-refractivity contribution in [3.05, 3.63) is 32.9 Å². The van der Waals surface area contributed by atoms with Crippen LogP contribution in [-0.4, -0.2) is 16.5 Å². The van der Waals surface area contributed by atoms with Crippen LogP contribution in [0.5, 0.6) is 0 Å². The van der Waals surface area contributed by atoms with Crippen molar-refractivity contribution in [3.8, 4) is 10.7 Å². The largest absolute Gasteiger partial charge is 0.312 e. The molecule has 21 heavy (non-hydrogen) atoms. The smallest absolute Gasteiger partial charge is 0.143 e. The molecule has 2 aromatic heterocycles. The van der Waals surface area contributed by atoms with E-state index in [1.165, 1.54) is 4.88 Å². The number of nitrogens with zero attached hydrogens (tertiary/aromatic N) is 2. The van der Waals surface area contributed by atoms with Crippen LogP contribution in [0, 0.1) is 5.92 Å². The van der Waals surface area contributed by atoms with Crippen molar-refractivity contribution in [2.45, 2.75) is 33.7 Å². The van der Waals surface area contributed by atoms with Crippen molar-refractivity contribution in [1.29, 1.82) is 0 Å². The van der Waals surface area contributed by atoms with Crippen molar-refractivity contribution < 1.29 is 0 Å². The maximum atomic E-state index is 6.24. The summed E-state index contributed by atoms with van der Waals surface area (Å²) in [5.41, 5.74) is 1.84. The monoisotopic (exact) mass is 343 g/mol. The molecule has 114 valence electrons. The van der Waals surface area contributed by atoms with E-state index in [-0.39, 0.29) is 0 Å². The molecule has 0 unspecified atom stereocenters. The van der Waals surface area contributed by atoms with E-state index >= 15 is 0 Å². The van der Waals surface area contributed by atoms with Crippen LogP contribution in [0.2, 0.25) is 10.0 Å². The fraction of sp³-hybridized carbons (Fsp3) is 0.467. The molecule has 0 saturated carbocycles. The minimum Gasteiger partial charge on any atom is -0.312 e. The Labute approximate surface area is 139 Å². The predicted molar refractivity (Wildman–Crippen MR) is 91.3 cm³/mol. The molecular formula is C15H19Cl2N3S. The number of rotatable bonds is 6. The minimum absolute atomic E-state index is 0.538. The van der Waals surface area contributed by atoms with Crippen LogP contribution < -0.4 is 5.32 Å². The average molecular weight is 344 g/mol. The number of hydrogen-bond acceptors (Lipinski definition) is 4. The average Bonchev–Trinajstić information content (AvgIpc) is 2.78. The van der Waals surface area contributed by atoms with Crippen LogP contribution in [0.4, 0.5) is 0 Å². The number of nitrogens with one attached hydrogen (secondary N) is 1. The van der Waals surface area contributed by atoms with E-state index in [0.717, 1.165) is 30.2 Å². The van der Waals surface area contributed by atoms with Gasteiger partial charge in [-0.1, -0.05) is 44.0 Å². The Balaban J connectivity index is 2.37. The van der Waals surface area contributed by atoms with Crippen LogP contribution >= 0.6 is 34.5 Å². The lowest BCUT2D eigenvalue weighted by molar-refractivity contribution is 0.627. The summed E-state index contributed by atoms with van der Waals surface area (Å²) >= 11 is 13.8. The van der Waals surface area contributed by atoms with E-state index in [1.807, 2.05) is 0 Å². The van der Waals surface area contributed by atoms with Gasteiger partial charge in [0.25, 0.3) is 0 Å². The first-order valence-electron chi connectivity index (χ1n) is 7.02. The van der Waals surface area contributed by atoms with E-state index in [4.69, 9.17) is 28.2 Å². The normalized spacial score (nSPS) is 11.3. The molecule has 1 N–H and O–H groups in total. The Bertz CT molecular complexity index is 611. The van der Waals surface area contributed by atoms with Gasteiger partial charge in [0.2, 0.25) is 0 Å². The van der Waals surface area contributed by atoms with Gasteiger partial charge in [-0.25, -0.2) is 4.98 Å². The second kappa shape index (κ2) is 7.54. The van der Waals surface area contributed by atoms with Gasteiger partial charge in [0.15, 0.2) is 0 Å². The summed E-state index contributed by atoms with van der Waals surface area (Å²) in [7, 11) is 0. The molecule has 0 aromatic carbocycles. The summed E-state index contributed by atoms with van der Waals surface area (Å²) in [4.78, 5) is 10.3. The molecule has 0 aliphatic heterocycles. The van der Waals surface area contributed by atoms with Crippen molar-refractivity contribution in [2.24, 2.45) is 5.92 Å². The molecule has 0 atom stereocenters. The van der Waals surface area contributed by atoms with Gasteiger partial charge in [-0.05, 0) is 24.9 Å². The van der Waals surface area contributed by atoms with Gasteiger partial charge in [0.1, 0.15) is 10.7 Å². The van der Waals surface area contributed by atoms with Gasteiger partial charge in [-0.2, -0.15) is 0 Å². The van der Waals surface area contributed by atoms with Gasteiger partial charge in [-0.3, -0.25) is 4.98 Å². The third-order valence-electron chi connectivity index (χ3n) is 2.93. The molecule has 3 nitrogen and oxygen atoms in total. The summed E-state index contributed by atoms with van der Waals surface area (Å²) < 4.78 is 0. The number of aromatic nitrogens is 2. The molecule has 2 heterocycles. The van der Waals surface area contributed by atoms with Crippen molar-refractivity contribution >= 4 is 34.5 Å². The number of halogens is 2. The van der Waals surface area contributed by atoms with Gasteiger partial charge < -0.3 is 5.32 Å². The Kier molecular flexibility index (Phi) is 5.99. The highest BCUT2D eigenvalue weighted by Gasteiger charge is 2.16. The molecule has 0 aliphatic rings. The Hall–Kier alpha value is -0.680. The quantitative estimate of drug-likeness (QED) is 0.816. The highest BCUT2D eigenvalue weighted by Crippen LogP contribution is 2.33. The van der Waals surface area contributed by atoms with Crippen LogP contribution in [0.15, 0.2) is 12.3 Å². The van der Waals surface area contributed by atoms with E-state index in [2.05, 4.69) is 31.1 Å². The van der Waals surface area contributed by atoms with Gasteiger partial charge >= 0.3 is 0 Å². The number of pyridine rings is 1. The predicted octanol–water partition coefficient (Wildman–Crippen LogP) is 4.82. The maximum absolute atomic E-state index is 6.24. The first kappa shape index (κ1) is 16.7. The zero-order valence-corrected chi connectivity index (χ0v) is 14.7. The van der Waals surface area contributed by atoms with E-state index in [1.54, 1.807) is 23.6 Å². The van der Waals surface area contributed by atoms with Gasteiger partial charge in [0, 0.05) is 17.6 Å². The molecular weight excluding hydrogens is 325 g/mol. The lowest BCUT2D eigenvalue weighted by Crippen LogP contribution is -2.12. The molecule has 0 radical (unpaired) electrons. The molecule has 0 saturated heterocycles. The van der Waals surface area contributed by atoms with E-state index < -0.39 is 0 Å². The topological polar surface area (TPSA) is 37.8 Å². The molecule has 6 heteroatoms. The number of hydrogen-bond donors (Lipinski definition) is 1. The molecule has 2 rings (SSSR count). The second-order valence-electron chi connectivity index (χ2n) is 5.25. The number of thiazole rings is 1. The summed E-state index contributed by atoms with van der Waals surface area (Å²) in [6, 6.07) is 1.71. The Morgan fingerprint density at radius 2 is 2.10 bits per heavy atom. The third kappa shape index (κ3) is 4.39. The van der Waals surface area contributed by atoms with Crippen molar-refractivity contribution in [2.75, 3.05) is 6.54 Å². The third-order valence-corrected chi connectivity index (χ3v) is 4.52. The summed E-state index contributed by atoms with van der Waals surface area (Å²) in [6.45, 7) is 8.27. The van der Waals surface area contributed by atoms with E-state index in [0.29, 0.717) is 21.7 Å². The van der Waals surface area contributed by atoms with Crippen LogP contribution in [0.1, 0.15) is 31.3 Å². The first-order valence-corrected chi connectivity index (χ1v) is 8.59. The Morgan fingerprint density at radius 1 is 1.33 bits per heavy atom. The molecule has 0 aliphatic carbocycles. The summed E-state index contributed by atoms with van der Waals surface area (Å²) in [5.74, 6) is 0.564. The Morgan fingerprint density at radius 3 is 2.71 bits per heavy atom. The molecule has 0 fully saturated rings. The fourth-order valence-electron chi connectivity index (χ4n) is 1.98. The molecule has 0 bridgehead atoms. The lowest BCUT2D eigenvalue weighted by atomic mass is 10.1. The zero-order chi connectivity index (χ0) is 15.4. The SMILES string of the molecule is CCNCc1sc(-c2ncc(Cl)cc2Cl)nc1CC(C)C. The van der Waals surface area contributed by atoms with E-state index in [9.17, 15) is 0 Å². The lowest BCUT2D eigenvalue weighted by Gasteiger charge is -2.04. The minimum atomic E-state index is 0.538. The summed E-state index contributed by atoms with van der Waals surface area (Å²) in [5, 5.41) is 5.31. The van der Waals surface area contributed by atoms with Crippen LogP contribution in [0.25, 0.3) is 10.7 Å². The highest BCUT2D eigenvalue weighted by molar-refractivity contribution is 7.15. The molecule has 2 aromatic rings. The van der Waals surface area contributed by atoms with Crippen molar-refractivity contribution in [3.63, 3.8) is 0 Å². The maximum Gasteiger partial charge on any atom is 0.143 e. The highest BCUT2D eigenvalue weighted by atomic mass is 35.5. The van der Waals surface area contributed by atoms with Crippen molar-refractivity contribution in [1.82, 2.24) is 15.3 Å². The van der Waals surface area contributed by atoms with Crippen LogP contribution in [-0.2, 0) is 13.0 Å². The second-order valence-corrected chi connectivity index (χ2v) is 7.18. The van der Waals surface area contributed by atoms with Crippen LogP contribution in [0.3, 0.4) is 0 Å². The first-order chi connectivity index (χ1) is 10.0. The molecule has 0 amide bonds. The van der Waals surface area contributed by atoms with Gasteiger partial charge in [0.05, 0.1) is 15.7 Å². The zero-order valence-electron chi connectivity index (χ0n) is 12.4.